The van der Waals surface area contributed by atoms with Gasteiger partial charge < -0.3 is 0 Å². The molecule has 0 spiro atoms. The second kappa shape index (κ2) is 9.65. The first-order valence-electron chi connectivity index (χ1n) is 13.4. The first-order valence-corrected chi connectivity index (χ1v) is 14.2. The van der Waals surface area contributed by atoms with Crippen molar-refractivity contribution in [2.24, 2.45) is 0 Å². The summed E-state index contributed by atoms with van der Waals surface area (Å²) >= 11 is 3.77. The Balaban J connectivity index is 1.36. The molecule has 0 bridgehead atoms. The van der Waals surface area contributed by atoms with Crippen LogP contribution in [0.15, 0.2) is 126 Å². The first-order chi connectivity index (χ1) is 19.5. The highest BCUT2D eigenvalue weighted by atomic mass is 79.9. The van der Waals surface area contributed by atoms with Crippen molar-refractivity contribution in [3.05, 3.63) is 137 Å². The van der Waals surface area contributed by atoms with Crippen molar-refractivity contribution in [1.29, 1.82) is 0 Å². The third-order valence-electron chi connectivity index (χ3n) is 7.77. The average molecular weight is 581 g/mol. The van der Waals surface area contributed by atoms with Crippen LogP contribution in [0.2, 0.25) is 0 Å². The maximum atomic E-state index is 4.94. The molecule has 192 valence electrons. The molecule has 0 saturated carbocycles. The van der Waals surface area contributed by atoms with Gasteiger partial charge in [0.25, 0.3) is 0 Å². The fraction of sp³-hybridized carbons (Fsp3) is 0.0833. The number of fused-ring (bicyclic) bond motifs is 3. The van der Waals surface area contributed by atoms with E-state index in [2.05, 4.69) is 90.4 Å². The van der Waals surface area contributed by atoms with Gasteiger partial charge in [0.1, 0.15) is 0 Å². The third kappa shape index (κ3) is 4.25. The van der Waals surface area contributed by atoms with Crippen molar-refractivity contribution < 1.29 is 0 Å². The molecule has 1 aliphatic rings. The minimum absolute atomic E-state index is 0.0554. The van der Waals surface area contributed by atoms with E-state index < -0.39 is 0 Å². The Bertz CT molecular complexity index is 1820. The lowest BCUT2D eigenvalue weighted by molar-refractivity contribution is 0.660. The van der Waals surface area contributed by atoms with E-state index in [1.165, 1.54) is 27.8 Å². The van der Waals surface area contributed by atoms with Crippen molar-refractivity contribution in [3.63, 3.8) is 0 Å². The molecule has 40 heavy (non-hydrogen) atoms. The summed E-state index contributed by atoms with van der Waals surface area (Å²) in [6.45, 7) is 4.63. The summed E-state index contributed by atoms with van der Waals surface area (Å²) in [5.41, 5.74) is 10.5. The maximum Gasteiger partial charge on any atom is 0.164 e. The fourth-order valence-corrected chi connectivity index (χ4v) is 6.20. The van der Waals surface area contributed by atoms with Gasteiger partial charge in [-0.3, -0.25) is 0 Å². The molecule has 0 unspecified atom stereocenters. The molecule has 0 radical (unpaired) electrons. The van der Waals surface area contributed by atoms with Crippen LogP contribution in [0.4, 0.5) is 0 Å². The minimum atomic E-state index is -0.0554. The third-order valence-corrected chi connectivity index (χ3v) is 8.23. The maximum absolute atomic E-state index is 4.94. The lowest BCUT2D eigenvalue weighted by atomic mass is 9.81. The standard InChI is InChI=1S/C36H26BrN3/c1-36(2)31-16-10-9-15-29(31)30-18-17-25(22-32(30)36)26-19-27(21-28(37)20-26)35-39-33(23-11-5-3-6-12-23)38-34(40-35)24-13-7-4-8-14-24/h3-22H,1-2H3. The van der Waals surface area contributed by atoms with E-state index >= 15 is 0 Å². The summed E-state index contributed by atoms with van der Waals surface area (Å²) in [6.07, 6.45) is 0. The van der Waals surface area contributed by atoms with Gasteiger partial charge in [0.2, 0.25) is 0 Å². The van der Waals surface area contributed by atoms with Gasteiger partial charge in [-0.2, -0.15) is 0 Å². The van der Waals surface area contributed by atoms with Crippen LogP contribution in [0.25, 0.3) is 56.4 Å². The molecule has 4 heteroatoms. The zero-order valence-corrected chi connectivity index (χ0v) is 23.9. The highest BCUT2D eigenvalue weighted by molar-refractivity contribution is 9.10. The quantitative estimate of drug-likeness (QED) is 0.208. The van der Waals surface area contributed by atoms with Crippen molar-refractivity contribution in [3.8, 4) is 56.4 Å². The van der Waals surface area contributed by atoms with Gasteiger partial charge in [-0.15, -0.1) is 0 Å². The number of hydrogen-bond acceptors (Lipinski definition) is 3. The highest BCUT2D eigenvalue weighted by Crippen LogP contribution is 2.49. The Labute approximate surface area is 242 Å². The van der Waals surface area contributed by atoms with Crippen LogP contribution in [0.1, 0.15) is 25.0 Å². The zero-order valence-electron chi connectivity index (χ0n) is 22.3. The Morgan fingerprint density at radius 1 is 0.450 bits per heavy atom. The Morgan fingerprint density at radius 2 is 0.975 bits per heavy atom. The molecule has 6 aromatic rings. The predicted octanol–water partition coefficient (Wildman–Crippen LogP) is 9.61. The smallest absolute Gasteiger partial charge is 0.164 e. The summed E-state index contributed by atoms with van der Waals surface area (Å²) in [6, 6.07) is 42.2. The lowest BCUT2D eigenvalue weighted by Crippen LogP contribution is -2.14. The molecule has 1 aromatic heterocycles. The molecule has 0 amide bonds. The van der Waals surface area contributed by atoms with Gasteiger partial charge in [-0.1, -0.05) is 127 Å². The van der Waals surface area contributed by atoms with Crippen LogP contribution in [0.5, 0.6) is 0 Å². The molecule has 0 saturated heterocycles. The van der Waals surface area contributed by atoms with Crippen molar-refractivity contribution >= 4 is 15.9 Å². The SMILES string of the molecule is CC1(C)c2ccccc2-c2ccc(-c3cc(Br)cc(-c4nc(-c5ccccc5)nc(-c5ccccc5)n4)c3)cc21. The normalized spacial score (nSPS) is 13.1. The van der Waals surface area contributed by atoms with Crippen LogP contribution < -0.4 is 0 Å². The number of benzene rings is 5. The molecular formula is C36H26BrN3. The summed E-state index contributed by atoms with van der Waals surface area (Å²) in [5.74, 6) is 1.95. The van der Waals surface area contributed by atoms with Gasteiger partial charge >= 0.3 is 0 Å². The number of hydrogen-bond donors (Lipinski definition) is 0. The van der Waals surface area contributed by atoms with E-state index in [4.69, 9.17) is 15.0 Å². The predicted molar refractivity (Wildman–Crippen MR) is 167 cm³/mol. The lowest BCUT2D eigenvalue weighted by Gasteiger charge is -2.22. The average Bonchev–Trinajstić information content (AvgIpc) is 3.23. The zero-order chi connectivity index (χ0) is 27.3. The topological polar surface area (TPSA) is 38.7 Å². The van der Waals surface area contributed by atoms with Crippen LogP contribution in [-0.4, -0.2) is 15.0 Å². The molecular weight excluding hydrogens is 554 g/mol. The minimum Gasteiger partial charge on any atom is -0.208 e. The molecule has 7 rings (SSSR count). The highest BCUT2D eigenvalue weighted by Gasteiger charge is 2.35. The number of nitrogens with zero attached hydrogens (tertiary/aromatic N) is 3. The van der Waals surface area contributed by atoms with E-state index in [1.54, 1.807) is 0 Å². The van der Waals surface area contributed by atoms with E-state index in [0.717, 1.165) is 26.7 Å². The van der Waals surface area contributed by atoms with E-state index in [1.807, 2.05) is 60.7 Å². The Hall–Kier alpha value is -4.41. The van der Waals surface area contributed by atoms with Crippen molar-refractivity contribution in [1.82, 2.24) is 15.0 Å². The molecule has 0 fully saturated rings. The number of rotatable bonds is 4. The van der Waals surface area contributed by atoms with Gasteiger partial charge in [0.05, 0.1) is 0 Å². The fourth-order valence-electron chi connectivity index (χ4n) is 5.71. The molecule has 0 atom stereocenters. The van der Waals surface area contributed by atoms with E-state index in [-0.39, 0.29) is 5.41 Å². The molecule has 0 N–H and O–H groups in total. The Kier molecular flexibility index (Phi) is 5.94. The molecule has 3 nitrogen and oxygen atoms in total. The summed E-state index contributed by atoms with van der Waals surface area (Å²) in [4.78, 5) is 14.7. The van der Waals surface area contributed by atoms with Crippen LogP contribution in [-0.2, 0) is 5.41 Å². The van der Waals surface area contributed by atoms with Crippen molar-refractivity contribution in [2.75, 3.05) is 0 Å². The second-order valence-electron chi connectivity index (χ2n) is 10.7. The number of aromatic nitrogens is 3. The Morgan fingerprint density at radius 3 is 1.62 bits per heavy atom. The van der Waals surface area contributed by atoms with Gasteiger partial charge in [0, 0.05) is 26.6 Å². The summed E-state index contributed by atoms with van der Waals surface area (Å²) < 4.78 is 0.978. The number of halogens is 1. The largest absolute Gasteiger partial charge is 0.208 e. The summed E-state index contributed by atoms with van der Waals surface area (Å²) in [5, 5.41) is 0. The van der Waals surface area contributed by atoms with Crippen LogP contribution in [0.3, 0.4) is 0 Å². The van der Waals surface area contributed by atoms with Crippen LogP contribution >= 0.6 is 15.9 Å². The van der Waals surface area contributed by atoms with Crippen LogP contribution in [0, 0.1) is 0 Å². The monoisotopic (exact) mass is 579 g/mol. The van der Waals surface area contributed by atoms with Gasteiger partial charge in [-0.25, -0.2) is 15.0 Å². The van der Waals surface area contributed by atoms with Gasteiger partial charge in [0.15, 0.2) is 17.5 Å². The molecule has 1 aliphatic carbocycles. The molecule has 5 aromatic carbocycles. The van der Waals surface area contributed by atoms with Gasteiger partial charge in [-0.05, 0) is 57.6 Å². The van der Waals surface area contributed by atoms with E-state index in [0.29, 0.717) is 17.5 Å². The molecule has 1 heterocycles. The first kappa shape index (κ1) is 24.6. The molecule has 0 aliphatic heterocycles. The van der Waals surface area contributed by atoms with E-state index in [9.17, 15) is 0 Å². The van der Waals surface area contributed by atoms with Crippen molar-refractivity contribution in [2.45, 2.75) is 19.3 Å². The summed E-state index contributed by atoms with van der Waals surface area (Å²) in [7, 11) is 0. The second-order valence-corrected chi connectivity index (χ2v) is 11.6.